The van der Waals surface area contributed by atoms with Crippen LogP contribution in [0.3, 0.4) is 0 Å². The van der Waals surface area contributed by atoms with E-state index in [0.29, 0.717) is 18.5 Å². The summed E-state index contributed by atoms with van der Waals surface area (Å²) < 4.78 is 11.7. The van der Waals surface area contributed by atoms with E-state index in [2.05, 4.69) is 13.8 Å². The Labute approximate surface area is 158 Å². The van der Waals surface area contributed by atoms with Gasteiger partial charge in [0.05, 0.1) is 43.6 Å². The van der Waals surface area contributed by atoms with Crippen molar-refractivity contribution < 1.29 is 9.05 Å². The lowest BCUT2D eigenvalue weighted by molar-refractivity contribution is 0.250. The highest BCUT2D eigenvalue weighted by atomic mass is 35.5. The second-order valence-corrected chi connectivity index (χ2v) is 7.92. The molecule has 0 spiro atoms. The number of rotatable bonds is 9. The van der Waals surface area contributed by atoms with Crippen LogP contribution in [0.5, 0.6) is 0 Å². The van der Waals surface area contributed by atoms with Crippen LogP contribution in [0.15, 0.2) is 0 Å². The molecule has 0 atom stereocenters. The first-order chi connectivity index (χ1) is 10.5. The van der Waals surface area contributed by atoms with Gasteiger partial charge in [0.1, 0.15) is 0 Å². The first-order valence-corrected chi connectivity index (χ1v) is 10.1. The summed E-state index contributed by atoms with van der Waals surface area (Å²) in [7, 11) is -1.46. The molecule has 0 aliphatic carbocycles. The van der Waals surface area contributed by atoms with Crippen LogP contribution in [0.1, 0.15) is 39.5 Å². The number of unbranched alkanes of at least 4 members (excludes halogenated alkanes) is 2. The molecule has 0 heterocycles. The van der Waals surface area contributed by atoms with Gasteiger partial charge in [0.2, 0.25) is 8.38 Å². The molecular weight excluding hydrogens is 408 g/mol. The molecule has 8 heteroatoms. The molecule has 0 radical (unpaired) electrons. The lowest BCUT2D eigenvalue weighted by Gasteiger charge is -2.21. The lowest BCUT2D eigenvalue weighted by atomic mass is 10.3. The van der Waals surface area contributed by atoms with E-state index in [9.17, 15) is 0 Å². The topological polar surface area (TPSA) is 18.5 Å². The van der Waals surface area contributed by atoms with Crippen molar-refractivity contribution in [2.24, 2.45) is 0 Å². The van der Waals surface area contributed by atoms with E-state index in [0.717, 1.165) is 25.7 Å². The van der Waals surface area contributed by atoms with Crippen LogP contribution >= 0.6 is 66.4 Å². The Hall–Kier alpha value is 1.02. The van der Waals surface area contributed by atoms with Crippen molar-refractivity contribution in [2.75, 3.05) is 13.2 Å². The van der Waals surface area contributed by atoms with Crippen LogP contribution in [0.4, 0.5) is 0 Å². The van der Waals surface area contributed by atoms with Crippen molar-refractivity contribution in [3.63, 3.8) is 0 Å². The third-order valence-electron chi connectivity index (χ3n) is 2.78. The standard InChI is InChI=1S/C14H18Cl5O2P/c1-3-5-7-20-22(21-8-6-4-2)14-12(18)10(16)9(15)11(17)13(14)19/h3-8H2,1-2H3. The molecule has 0 fully saturated rings. The minimum absolute atomic E-state index is 0.138. The number of hydrogen-bond acceptors (Lipinski definition) is 2. The molecule has 0 aliphatic heterocycles. The minimum Gasteiger partial charge on any atom is -0.331 e. The predicted octanol–water partition coefficient (Wildman–Crippen LogP) is 7.52. The second-order valence-electron chi connectivity index (χ2n) is 4.55. The number of hydrogen-bond donors (Lipinski definition) is 0. The van der Waals surface area contributed by atoms with Crippen molar-refractivity contribution in [3.05, 3.63) is 25.1 Å². The zero-order chi connectivity index (χ0) is 16.7. The molecule has 0 unspecified atom stereocenters. The summed E-state index contributed by atoms with van der Waals surface area (Å²) in [5, 5.41) is 1.43. The molecule has 0 N–H and O–H groups in total. The van der Waals surface area contributed by atoms with Gasteiger partial charge in [-0.25, -0.2) is 0 Å². The first kappa shape index (κ1) is 21.1. The maximum atomic E-state index is 6.29. The van der Waals surface area contributed by atoms with E-state index in [4.69, 9.17) is 67.1 Å². The predicted molar refractivity (Wildman–Crippen MR) is 99.8 cm³/mol. The second kappa shape index (κ2) is 10.8. The van der Waals surface area contributed by atoms with Gasteiger partial charge in [-0.2, -0.15) is 0 Å². The maximum absolute atomic E-state index is 6.29. The smallest absolute Gasteiger partial charge is 0.208 e. The largest absolute Gasteiger partial charge is 0.331 e. The van der Waals surface area contributed by atoms with Crippen LogP contribution in [-0.2, 0) is 9.05 Å². The van der Waals surface area contributed by atoms with E-state index >= 15 is 0 Å². The summed E-state index contributed by atoms with van der Waals surface area (Å²) >= 11 is 30.8. The SMILES string of the molecule is CCCCOP(OCCCC)c1c(Cl)c(Cl)c(Cl)c(Cl)c1Cl. The minimum atomic E-state index is -1.46. The van der Waals surface area contributed by atoms with Gasteiger partial charge in [-0.3, -0.25) is 0 Å². The summed E-state index contributed by atoms with van der Waals surface area (Å²) in [6, 6.07) is 0. The van der Waals surface area contributed by atoms with Crippen LogP contribution in [0.2, 0.25) is 25.1 Å². The van der Waals surface area contributed by atoms with E-state index in [1.165, 1.54) is 0 Å². The monoisotopic (exact) mass is 424 g/mol. The van der Waals surface area contributed by atoms with Crippen LogP contribution in [0.25, 0.3) is 0 Å². The van der Waals surface area contributed by atoms with Crippen molar-refractivity contribution in [1.29, 1.82) is 0 Å². The van der Waals surface area contributed by atoms with Gasteiger partial charge in [-0.05, 0) is 12.8 Å². The van der Waals surface area contributed by atoms with Gasteiger partial charge in [0, 0.05) is 0 Å². The molecule has 0 aromatic heterocycles. The lowest BCUT2D eigenvalue weighted by Crippen LogP contribution is -2.12. The van der Waals surface area contributed by atoms with E-state index in [1.807, 2.05) is 0 Å². The summed E-state index contributed by atoms with van der Waals surface area (Å²) in [5.74, 6) is 0. The molecule has 1 aromatic rings. The van der Waals surface area contributed by atoms with Crippen molar-refractivity contribution in [1.82, 2.24) is 0 Å². The first-order valence-electron chi connectivity index (χ1n) is 7.03. The quantitative estimate of drug-likeness (QED) is 0.176. The van der Waals surface area contributed by atoms with Crippen LogP contribution < -0.4 is 5.30 Å². The molecule has 2 nitrogen and oxygen atoms in total. The van der Waals surface area contributed by atoms with Gasteiger partial charge in [0.15, 0.2) is 0 Å². The summed E-state index contributed by atoms with van der Waals surface area (Å²) in [6.45, 7) is 5.27. The van der Waals surface area contributed by atoms with Gasteiger partial charge in [0.25, 0.3) is 0 Å². The summed E-state index contributed by atoms with van der Waals surface area (Å²) in [4.78, 5) is 0. The van der Waals surface area contributed by atoms with Crippen LogP contribution in [-0.4, -0.2) is 13.2 Å². The average Bonchev–Trinajstić information content (AvgIpc) is 2.51. The molecule has 0 saturated carbocycles. The summed E-state index contributed by atoms with van der Waals surface area (Å²) in [6.07, 6.45) is 3.87. The van der Waals surface area contributed by atoms with Gasteiger partial charge in [-0.15, -0.1) is 0 Å². The molecule has 0 bridgehead atoms. The molecular formula is C14H18Cl5O2P. The van der Waals surface area contributed by atoms with E-state index in [-0.39, 0.29) is 25.1 Å². The Kier molecular flexibility index (Phi) is 10.3. The fourth-order valence-corrected chi connectivity index (χ4v) is 4.65. The number of benzene rings is 1. The average molecular weight is 427 g/mol. The van der Waals surface area contributed by atoms with Gasteiger partial charge < -0.3 is 9.05 Å². The van der Waals surface area contributed by atoms with E-state index in [1.54, 1.807) is 0 Å². The van der Waals surface area contributed by atoms with Crippen molar-refractivity contribution in [3.8, 4) is 0 Å². The Morgan fingerprint density at radius 1 is 0.682 bits per heavy atom. The zero-order valence-electron chi connectivity index (χ0n) is 12.4. The molecule has 1 rings (SSSR count). The Morgan fingerprint density at radius 3 is 1.41 bits per heavy atom. The summed E-state index contributed by atoms with van der Waals surface area (Å²) in [5.41, 5.74) is 0. The third kappa shape index (κ3) is 5.53. The Morgan fingerprint density at radius 2 is 1.05 bits per heavy atom. The number of halogens is 5. The molecule has 0 saturated heterocycles. The molecule has 126 valence electrons. The Balaban J connectivity index is 3.11. The highest BCUT2D eigenvalue weighted by Gasteiger charge is 2.27. The normalized spacial score (nSPS) is 11.5. The fraction of sp³-hybridized carbons (Fsp3) is 0.571. The van der Waals surface area contributed by atoms with Gasteiger partial charge in [-0.1, -0.05) is 84.7 Å². The van der Waals surface area contributed by atoms with Gasteiger partial charge >= 0.3 is 0 Å². The van der Waals surface area contributed by atoms with Crippen molar-refractivity contribution >= 4 is 71.7 Å². The Bertz CT molecular complexity index is 460. The highest BCUT2D eigenvalue weighted by molar-refractivity contribution is 7.56. The van der Waals surface area contributed by atoms with E-state index < -0.39 is 8.38 Å². The molecule has 0 aliphatic rings. The molecule has 1 aromatic carbocycles. The fourth-order valence-electron chi connectivity index (χ4n) is 1.50. The highest BCUT2D eigenvalue weighted by Crippen LogP contribution is 2.49. The third-order valence-corrected chi connectivity index (χ3v) is 6.97. The van der Waals surface area contributed by atoms with Crippen molar-refractivity contribution in [2.45, 2.75) is 39.5 Å². The maximum Gasteiger partial charge on any atom is 0.208 e. The van der Waals surface area contributed by atoms with Crippen LogP contribution in [0, 0.1) is 0 Å². The molecule has 22 heavy (non-hydrogen) atoms. The molecule has 0 amide bonds. The zero-order valence-corrected chi connectivity index (χ0v) is 17.1.